The second-order valence-electron chi connectivity index (χ2n) is 3.55. The van der Waals surface area contributed by atoms with Gasteiger partial charge in [-0.05, 0) is 29.7 Å². The molecule has 2 rings (SSSR count). The molecule has 0 fully saturated rings. The smallest absolute Gasteiger partial charge is 0.188 e. The van der Waals surface area contributed by atoms with E-state index in [4.69, 9.17) is 0 Å². The van der Waals surface area contributed by atoms with Crippen molar-refractivity contribution in [2.75, 3.05) is 0 Å². The lowest BCUT2D eigenvalue weighted by Gasteiger charge is -2.12. The zero-order valence-electron chi connectivity index (χ0n) is 7.74. The Kier molecular flexibility index (Phi) is 1.76. The van der Waals surface area contributed by atoms with Crippen LogP contribution in [-0.2, 0) is 4.79 Å². The number of allylic oxidation sites excluding steroid dienone is 5. The van der Waals surface area contributed by atoms with Crippen LogP contribution in [0.2, 0.25) is 0 Å². The van der Waals surface area contributed by atoms with Gasteiger partial charge in [0.1, 0.15) is 0 Å². The molecule has 0 bridgehead atoms. The summed E-state index contributed by atoms with van der Waals surface area (Å²) < 4.78 is 0. The maximum Gasteiger partial charge on any atom is 0.188 e. The Hall–Kier alpha value is -1.44. The first-order chi connectivity index (χ1) is 6.18. The summed E-state index contributed by atoms with van der Waals surface area (Å²) in [6.45, 7) is 4.15. The minimum atomic E-state index is 0.0821. The van der Waals surface area contributed by atoms with Gasteiger partial charge in [-0.3, -0.25) is 9.79 Å². The Morgan fingerprint density at radius 1 is 1.31 bits per heavy atom. The highest BCUT2D eigenvalue weighted by Crippen LogP contribution is 2.27. The summed E-state index contributed by atoms with van der Waals surface area (Å²) in [5.74, 6) is 0.465. The third-order valence-corrected chi connectivity index (χ3v) is 2.26. The van der Waals surface area contributed by atoms with Crippen molar-refractivity contribution in [3.8, 4) is 0 Å². The Balaban J connectivity index is 2.43. The number of hydrogen-bond acceptors (Lipinski definition) is 2. The average molecular weight is 173 g/mol. The molecule has 0 N–H and O–H groups in total. The van der Waals surface area contributed by atoms with Gasteiger partial charge in [-0.1, -0.05) is 13.8 Å². The summed E-state index contributed by atoms with van der Waals surface area (Å²) in [5, 5.41) is 0. The van der Waals surface area contributed by atoms with Crippen LogP contribution >= 0.6 is 0 Å². The Morgan fingerprint density at radius 3 is 2.77 bits per heavy atom. The number of ketones is 1. The van der Waals surface area contributed by atoms with Crippen LogP contribution < -0.4 is 0 Å². The van der Waals surface area contributed by atoms with Gasteiger partial charge < -0.3 is 0 Å². The second kappa shape index (κ2) is 2.80. The summed E-state index contributed by atoms with van der Waals surface area (Å²) in [7, 11) is 0. The lowest BCUT2D eigenvalue weighted by Crippen LogP contribution is -2.07. The fraction of sp³-hybridized carbons (Fsp3) is 0.273. The molecule has 0 aromatic heterocycles. The predicted molar refractivity (Wildman–Crippen MR) is 52.6 cm³/mol. The maximum absolute atomic E-state index is 11.5. The van der Waals surface area contributed by atoms with Crippen molar-refractivity contribution >= 4 is 12.0 Å². The van der Waals surface area contributed by atoms with Gasteiger partial charge in [0.2, 0.25) is 0 Å². The molecule has 0 radical (unpaired) electrons. The van der Waals surface area contributed by atoms with Gasteiger partial charge in [-0.25, -0.2) is 0 Å². The molecule has 0 spiro atoms. The van der Waals surface area contributed by atoms with Gasteiger partial charge in [-0.2, -0.15) is 0 Å². The van der Waals surface area contributed by atoms with Crippen molar-refractivity contribution in [2.45, 2.75) is 13.8 Å². The lowest BCUT2D eigenvalue weighted by molar-refractivity contribution is -0.111. The fourth-order valence-electron chi connectivity index (χ4n) is 1.43. The van der Waals surface area contributed by atoms with Crippen molar-refractivity contribution in [3.05, 3.63) is 35.1 Å². The minimum absolute atomic E-state index is 0.0821. The number of carbonyl (C=O) groups is 1. The zero-order valence-corrected chi connectivity index (χ0v) is 7.74. The highest BCUT2D eigenvalue weighted by molar-refractivity contribution is 6.13. The van der Waals surface area contributed by atoms with E-state index >= 15 is 0 Å². The summed E-state index contributed by atoms with van der Waals surface area (Å²) >= 11 is 0. The Bertz CT molecular complexity index is 381. The van der Waals surface area contributed by atoms with E-state index in [9.17, 15) is 4.79 Å². The molecular formula is C11H11NO. The first kappa shape index (κ1) is 8.17. The second-order valence-corrected chi connectivity index (χ2v) is 3.55. The minimum Gasteiger partial charge on any atom is -0.289 e. The summed E-state index contributed by atoms with van der Waals surface area (Å²) in [4.78, 5) is 15.6. The molecule has 1 heterocycles. The normalized spacial score (nSPS) is 19.9. The summed E-state index contributed by atoms with van der Waals surface area (Å²) in [5.41, 5.74) is 2.61. The van der Waals surface area contributed by atoms with Crippen LogP contribution in [0.15, 0.2) is 40.1 Å². The molecule has 1 aliphatic heterocycles. The largest absolute Gasteiger partial charge is 0.289 e. The third kappa shape index (κ3) is 1.28. The van der Waals surface area contributed by atoms with Gasteiger partial charge >= 0.3 is 0 Å². The monoisotopic (exact) mass is 173 g/mol. The van der Waals surface area contributed by atoms with E-state index in [0.717, 1.165) is 16.8 Å². The number of fused-ring (bicyclic) bond motifs is 1. The molecule has 0 aromatic carbocycles. The van der Waals surface area contributed by atoms with E-state index < -0.39 is 0 Å². The van der Waals surface area contributed by atoms with Crippen molar-refractivity contribution < 1.29 is 4.79 Å². The molecule has 0 saturated carbocycles. The van der Waals surface area contributed by atoms with Crippen molar-refractivity contribution in [2.24, 2.45) is 10.9 Å². The topological polar surface area (TPSA) is 29.4 Å². The molecule has 2 aliphatic rings. The zero-order chi connectivity index (χ0) is 9.42. The molecule has 0 amide bonds. The first-order valence-electron chi connectivity index (χ1n) is 4.41. The highest BCUT2D eigenvalue weighted by atomic mass is 16.1. The quantitative estimate of drug-likeness (QED) is 0.596. The molecular weight excluding hydrogens is 162 g/mol. The van der Waals surface area contributed by atoms with Crippen LogP contribution in [-0.4, -0.2) is 12.0 Å². The van der Waals surface area contributed by atoms with Crippen LogP contribution in [0.25, 0.3) is 0 Å². The molecule has 2 heteroatoms. The number of carbonyl (C=O) groups excluding carboxylic acids is 1. The highest BCUT2D eigenvalue weighted by Gasteiger charge is 2.20. The van der Waals surface area contributed by atoms with E-state index in [1.807, 2.05) is 6.08 Å². The van der Waals surface area contributed by atoms with Crippen LogP contribution in [0.1, 0.15) is 13.8 Å². The van der Waals surface area contributed by atoms with E-state index in [2.05, 4.69) is 18.8 Å². The predicted octanol–water partition coefficient (Wildman–Crippen LogP) is 2.05. The van der Waals surface area contributed by atoms with Crippen molar-refractivity contribution in [1.82, 2.24) is 0 Å². The van der Waals surface area contributed by atoms with Gasteiger partial charge in [0, 0.05) is 11.8 Å². The maximum atomic E-state index is 11.5. The van der Waals surface area contributed by atoms with E-state index in [0.29, 0.717) is 5.92 Å². The number of aliphatic imine (C=N–C) groups is 1. The molecule has 13 heavy (non-hydrogen) atoms. The third-order valence-electron chi connectivity index (χ3n) is 2.26. The number of nitrogens with zero attached hydrogens (tertiary/aromatic N) is 1. The number of hydrogen-bond donors (Lipinski definition) is 0. The summed E-state index contributed by atoms with van der Waals surface area (Å²) in [6, 6.07) is 0. The Morgan fingerprint density at radius 2 is 2.08 bits per heavy atom. The van der Waals surface area contributed by atoms with Gasteiger partial charge in [0.15, 0.2) is 5.78 Å². The molecule has 66 valence electrons. The van der Waals surface area contributed by atoms with E-state index in [1.165, 1.54) is 0 Å². The fourth-order valence-corrected chi connectivity index (χ4v) is 1.43. The SMILES string of the molecule is CC(C)C1=CC(=O)C2=CC=NC2=C1. The van der Waals surface area contributed by atoms with Gasteiger partial charge in [-0.15, -0.1) is 0 Å². The van der Waals surface area contributed by atoms with E-state index in [-0.39, 0.29) is 5.78 Å². The van der Waals surface area contributed by atoms with Crippen LogP contribution in [0.5, 0.6) is 0 Å². The molecule has 0 atom stereocenters. The molecule has 0 unspecified atom stereocenters. The van der Waals surface area contributed by atoms with Gasteiger partial charge in [0.25, 0.3) is 0 Å². The first-order valence-corrected chi connectivity index (χ1v) is 4.41. The van der Waals surface area contributed by atoms with Crippen molar-refractivity contribution in [3.63, 3.8) is 0 Å². The summed E-state index contributed by atoms with van der Waals surface area (Å²) in [6.07, 6.45) is 7.13. The Labute approximate surface area is 77.4 Å². The standard InChI is InChI=1S/C11H11NO/c1-7(2)8-5-10-9(3-4-12-10)11(13)6-8/h3-7H,1-2H3. The molecule has 2 nitrogen and oxygen atoms in total. The number of rotatable bonds is 1. The van der Waals surface area contributed by atoms with Crippen LogP contribution in [0.3, 0.4) is 0 Å². The lowest BCUT2D eigenvalue weighted by atomic mass is 9.92. The molecule has 0 aromatic rings. The average Bonchev–Trinajstić information content (AvgIpc) is 2.51. The van der Waals surface area contributed by atoms with Gasteiger partial charge in [0.05, 0.1) is 5.70 Å². The molecule has 1 aliphatic carbocycles. The van der Waals surface area contributed by atoms with Crippen LogP contribution in [0, 0.1) is 5.92 Å². The molecule has 0 saturated heterocycles. The van der Waals surface area contributed by atoms with E-state index in [1.54, 1.807) is 18.4 Å². The van der Waals surface area contributed by atoms with Crippen molar-refractivity contribution in [1.29, 1.82) is 0 Å². The van der Waals surface area contributed by atoms with Crippen LogP contribution in [0.4, 0.5) is 0 Å².